The van der Waals surface area contributed by atoms with Gasteiger partial charge in [0.05, 0.1) is 52.3 Å². The van der Waals surface area contributed by atoms with E-state index in [9.17, 15) is 24.3 Å². The molecule has 5 aromatic heterocycles. The smallest absolute Gasteiger partial charge is 0.329 e. The van der Waals surface area contributed by atoms with Crippen molar-refractivity contribution in [2.24, 2.45) is 12.5 Å². The Morgan fingerprint density at radius 3 is 2.50 bits per heavy atom. The second-order valence-corrected chi connectivity index (χ2v) is 19.8. The molecule has 4 saturated heterocycles. The van der Waals surface area contributed by atoms with Gasteiger partial charge in [0.25, 0.3) is 5.91 Å². The Bertz CT molecular complexity index is 3160. The number of pyridine rings is 1. The molecule has 348 valence electrons. The molecule has 7 aromatic rings. The van der Waals surface area contributed by atoms with E-state index in [2.05, 4.69) is 45.1 Å². The molecule has 1 atom stereocenters. The van der Waals surface area contributed by atoms with Crippen LogP contribution < -0.4 is 25.3 Å². The molecule has 12 rings (SSSR count). The number of anilines is 4. The number of hydrogen-bond acceptors (Lipinski definition) is 13. The van der Waals surface area contributed by atoms with E-state index < -0.39 is 23.5 Å². The number of amides is 5. The van der Waals surface area contributed by atoms with Gasteiger partial charge in [-0.05, 0) is 67.1 Å². The van der Waals surface area contributed by atoms with Gasteiger partial charge in [-0.3, -0.25) is 39.3 Å². The molecular formula is C47H47FN14O5S. The Hall–Kier alpha value is -7.26. The summed E-state index contributed by atoms with van der Waals surface area (Å²) in [5, 5.41) is 28.6. The van der Waals surface area contributed by atoms with E-state index in [0.29, 0.717) is 77.6 Å². The molecule has 19 nitrogen and oxygen atoms in total. The van der Waals surface area contributed by atoms with Crippen molar-refractivity contribution in [3.8, 4) is 11.1 Å². The van der Waals surface area contributed by atoms with E-state index >= 15 is 4.39 Å². The largest absolute Gasteiger partial charge is 0.389 e. The number of halogens is 1. The molecule has 0 bridgehead atoms. The first-order valence-electron chi connectivity index (χ1n) is 22.9. The van der Waals surface area contributed by atoms with Crippen molar-refractivity contribution >= 4 is 79.3 Å². The zero-order valence-electron chi connectivity index (χ0n) is 37.1. The number of aliphatic hydroxyl groups is 1. The van der Waals surface area contributed by atoms with Crippen LogP contribution in [0.1, 0.15) is 49.5 Å². The maximum atomic E-state index is 15.9. The summed E-state index contributed by atoms with van der Waals surface area (Å²) in [6, 6.07) is 11.9. The van der Waals surface area contributed by atoms with Gasteiger partial charge >= 0.3 is 6.03 Å². The molecule has 3 N–H and O–H groups in total. The van der Waals surface area contributed by atoms with Crippen molar-refractivity contribution in [3.63, 3.8) is 0 Å². The Balaban J connectivity index is 0.652. The minimum Gasteiger partial charge on any atom is -0.389 e. The van der Waals surface area contributed by atoms with Crippen LogP contribution in [0.2, 0.25) is 0 Å². The van der Waals surface area contributed by atoms with Crippen LogP contribution >= 0.6 is 11.3 Å². The number of imidazole rings is 1. The van der Waals surface area contributed by atoms with Crippen LogP contribution in [-0.2, 0) is 34.4 Å². The first-order chi connectivity index (χ1) is 32.9. The highest BCUT2D eigenvalue weighted by Crippen LogP contribution is 2.44. The van der Waals surface area contributed by atoms with Gasteiger partial charge in [0.1, 0.15) is 11.3 Å². The molecule has 5 aliphatic heterocycles. The minimum atomic E-state index is -1.10. The summed E-state index contributed by atoms with van der Waals surface area (Å²) >= 11 is 1.32. The Morgan fingerprint density at radius 1 is 0.926 bits per heavy atom. The Kier molecular flexibility index (Phi) is 9.87. The fourth-order valence-corrected chi connectivity index (χ4v) is 11.2. The Morgan fingerprint density at radius 2 is 1.74 bits per heavy atom. The number of imide groups is 1. The lowest BCUT2D eigenvalue weighted by Crippen LogP contribution is -2.73. The summed E-state index contributed by atoms with van der Waals surface area (Å²) in [4.78, 5) is 72.7. The third kappa shape index (κ3) is 7.30. The Labute approximate surface area is 392 Å². The van der Waals surface area contributed by atoms with Gasteiger partial charge in [-0.25, -0.2) is 24.1 Å². The van der Waals surface area contributed by atoms with Crippen LogP contribution in [0.5, 0.6) is 0 Å². The predicted molar refractivity (Wildman–Crippen MR) is 251 cm³/mol. The third-order valence-corrected chi connectivity index (χ3v) is 15.0. The van der Waals surface area contributed by atoms with E-state index in [4.69, 9.17) is 5.10 Å². The number of carbonyl (C=O) groups excluding carboxylic acids is 4. The third-order valence-electron chi connectivity index (χ3n) is 14.3. The van der Waals surface area contributed by atoms with E-state index in [-0.39, 0.29) is 42.5 Å². The maximum Gasteiger partial charge on any atom is 0.329 e. The van der Waals surface area contributed by atoms with Crippen molar-refractivity contribution in [1.82, 2.24) is 49.3 Å². The first-order valence-corrected chi connectivity index (χ1v) is 23.7. The van der Waals surface area contributed by atoms with Crippen LogP contribution in [0, 0.1) is 11.2 Å². The molecule has 5 amide bonds. The van der Waals surface area contributed by atoms with Crippen LogP contribution in [0.3, 0.4) is 0 Å². The van der Waals surface area contributed by atoms with Crippen molar-refractivity contribution in [1.29, 1.82) is 0 Å². The van der Waals surface area contributed by atoms with E-state index in [1.165, 1.54) is 27.0 Å². The number of hydrogen-bond donors (Lipinski definition) is 3. The molecule has 0 radical (unpaired) electrons. The summed E-state index contributed by atoms with van der Waals surface area (Å²) in [7, 11) is 1.79. The molecule has 21 heteroatoms. The van der Waals surface area contributed by atoms with Gasteiger partial charge in [0.2, 0.25) is 11.8 Å². The number of carbonyl (C=O) groups is 4. The number of likely N-dealkylation sites (tertiary alicyclic amines) is 1. The fraction of sp³-hybridized carbons (Fsp3) is 0.383. The highest BCUT2D eigenvalue weighted by molar-refractivity contribution is 7.13. The summed E-state index contributed by atoms with van der Waals surface area (Å²) in [6.07, 6.45) is 9.58. The van der Waals surface area contributed by atoms with Gasteiger partial charge in [-0.15, -0.1) is 11.3 Å². The second kappa shape index (κ2) is 15.9. The van der Waals surface area contributed by atoms with Crippen molar-refractivity contribution in [3.05, 3.63) is 90.0 Å². The lowest BCUT2D eigenvalue weighted by atomic mass is 9.72. The standard InChI is InChI=1S/C47H47FN14O5S/c1-56-36-19-31(21-50-40(36)42(55-56)61-13-8-37(63)52-45(61)66)57-14-9-47(67,10-15-57)20-38(64)60-25-46(26-60)23-59(24-46)30-6-4-28(5-7-30)29-17-33(48)32-22-62(54-34(32)18-29)41(43(65)53-44-49-11-16-68-44)39-35-3-2-12-58(35)27-51-39/h4-7,11,16-19,21-22,27,41,67H,2-3,8-10,12-15,20,23-26H2,1H3,(H,49,53,65)(H,52,63,66). The second-order valence-electron chi connectivity index (χ2n) is 18.9. The van der Waals surface area contributed by atoms with Crippen molar-refractivity contribution in [2.75, 3.05) is 65.8 Å². The monoisotopic (exact) mass is 938 g/mol. The first kappa shape index (κ1) is 42.1. The number of fused-ring (bicyclic) bond motifs is 3. The number of nitrogens with zero attached hydrogens (tertiary/aromatic N) is 12. The van der Waals surface area contributed by atoms with E-state index in [1.54, 1.807) is 42.0 Å². The molecular weight excluding hydrogens is 892 g/mol. The maximum absolute atomic E-state index is 15.9. The molecule has 4 fully saturated rings. The lowest BCUT2D eigenvalue weighted by molar-refractivity contribution is -0.151. The number of aryl methyl sites for hydroxylation is 2. The average Bonchev–Trinajstić information content (AvgIpc) is 4.15. The van der Waals surface area contributed by atoms with Gasteiger partial charge in [0, 0.05) is 100 Å². The molecule has 1 spiro atoms. The fourth-order valence-electron chi connectivity index (χ4n) is 10.7. The van der Waals surface area contributed by atoms with Crippen molar-refractivity contribution < 1.29 is 28.7 Å². The highest BCUT2D eigenvalue weighted by Gasteiger charge is 2.54. The zero-order valence-corrected chi connectivity index (χ0v) is 38.0. The number of aromatic nitrogens is 8. The number of rotatable bonds is 10. The molecule has 5 aliphatic rings. The van der Waals surface area contributed by atoms with Gasteiger partial charge in [-0.1, -0.05) is 12.1 Å². The molecule has 10 heterocycles. The normalized spacial score (nSPS) is 19.0. The van der Waals surface area contributed by atoms with E-state index in [1.807, 2.05) is 41.3 Å². The van der Waals surface area contributed by atoms with Crippen LogP contribution in [-0.4, -0.2) is 124 Å². The van der Waals surface area contributed by atoms with Crippen molar-refractivity contribution in [2.45, 2.75) is 56.7 Å². The molecule has 2 aromatic carbocycles. The molecule has 0 saturated carbocycles. The average molecular weight is 939 g/mol. The van der Waals surface area contributed by atoms with Gasteiger partial charge in [-0.2, -0.15) is 10.2 Å². The number of thiazole rings is 1. The van der Waals surface area contributed by atoms with Gasteiger partial charge < -0.3 is 24.4 Å². The summed E-state index contributed by atoms with van der Waals surface area (Å²) in [5.74, 6) is -0.734. The number of urea groups is 1. The minimum absolute atomic E-state index is 0.0194. The van der Waals surface area contributed by atoms with Crippen LogP contribution in [0.15, 0.2) is 72.8 Å². The lowest BCUT2D eigenvalue weighted by Gasteiger charge is -2.61. The van der Waals surface area contributed by atoms with Gasteiger partial charge in [0.15, 0.2) is 17.0 Å². The van der Waals surface area contributed by atoms with Crippen LogP contribution in [0.4, 0.5) is 31.5 Å². The SMILES string of the molecule is Cn1nc(N2CCC(=O)NC2=O)c2ncc(N3CCC(O)(CC(=O)N4CC5(C4)CN(c4ccc(-c6cc(F)c7cn(C(C(=O)Nc8nccs8)c8ncn9c8CCC9)nc7c6)cc4)C5)CC3)cc21. The number of benzene rings is 2. The quantitative estimate of drug-likeness (QED) is 0.174. The molecule has 1 unspecified atom stereocenters. The molecule has 68 heavy (non-hydrogen) atoms. The predicted octanol–water partition coefficient (Wildman–Crippen LogP) is 4.47. The summed E-state index contributed by atoms with van der Waals surface area (Å²) < 4.78 is 21.1. The van der Waals surface area contributed by atoms with E-state index in [0.717, 1.165) is 60.6 Å². The van der Waals surface area contributed by atoms with Crippen LogP contribution in [0.25, 0.3) is 33.1 Å². The topological polar surface area (TPSA) is 205 Å². The molecule has 0 aliphatic carbocycles. The summed E-state index contributed by atoms with van der Waals surface area (Å²) in [5.41, 5.74) is 5.63. The highest BCUT2D eigenvalue weighted by atomic mass is 32.1. The number of piperidine rings is 1. The number of nitrogens with one attached hydrogen (secondary N) is 2. The zero-order chi connectivity index (χ0) is 46.5. The summed E-state index contributed by atoms with van der Waals surface area (Å²) in [6.45, 7) is 5.09.